The van der Waals surface area contributed by atoms with Crippen LogP contribution in [0.4, 0.5) is 5.69 Å². The summed E-state index contributed by atoms with van der Waals surface area (Å²) in [7, 11) is 0. The lowest BCUT2D eigenvalue weighted by atomic mass is 10.1. The molecule has 3 aromatic rings. The molecule has 1 aliphatic rings. The van der Waals surface area contributed by atoms with Crippen molar-refractivity contribution >= 4 is 39.4 Å². The number of benzene rings is 3. The standard InChI is InChI=1S/C22H12BrNO6/c23-18-4-2-1-3-16(18)22(26)29-15-9-10-17-19(12-15)30-20(21(17)25)11-13-5-7-14(8-6-13)24(27)28/h1-12H. The predicted molar refractivity (Wildman–Crippen MR) is 112 cm³/mol. The van der Waals surface area contributed by atoms with E-state index in [9.17, 15) is 19.7 Å². The number of carbonyl (C=O) groups excluding carboxylic acids is 2. The normalized spacial score (nSPS) is 13.6. The molecule has 0 fully saturated rings. The molecule has 0 aliphatic carbocycles. The third-order valence-corrected chi connectivity index (χ3v) is 5.04. The fraction of sp³-hybridized carbons (Fsp3) is 0. The molecule has 8 heteroatoms. The molecule has 0 atom stereocenters. The van der Waals surface area contributed by atoms with Gasteiger partial charge in [0.25, 0.3) is 5.69 Å². The van der Waals surface area contributed by atoms with Gasteiger partial charge in [-0.05, 0) is 64.0 Å². The van der Waals surface area contributed by atoms with Crippen molar-refractivity contribution in [1.82, 2.24) is 0 Å². The largest absolute Gasteiger partial charge is 0.452 e. The highest BCUT2D eigenvalue weighted by molar-refractivity contribution is 9.10. The smallest absolute Gasteiger partial charge is 0.344 e. The molecule has 0 N–H and O–H groups in total. The van der Waals surface area contributed by atoms with Gasteiger partial charge in [0.15, 0.2) is 5.76 Å². The Labute approximate surface area is 178 Å². The van der Waals surface area contributed by atoms with E-state index in [0.717, 1.165) is 0 Å². The molecular weight excluding hydrogens is 454 g/mol. The molecule has 1 heterocycles. The zero-order chi connectivity index (χ0) is 21.3. The Kier molecular flexibility index (Phi) is 5.16. The van der Waals surface area contributed by atoms with Crippen LogP contribution in [0.5, 0.6) is 11.5 Å². The Morgan fingerprint density at radius 1 is 1.07 bits per heavy atom. The minimum Gasteiger partial charge on any atom is -0.452 e. The van der Waals surface area contributed by atoms with Crippen LogP contribution in [0.1, 0.15) is 26.3 Å². The average molecular weight is 466 g/mol. The highest BCUT2D eigenvalue weighted by Crippen LogP contribution is 2.35. The average Bonchev–Trinajstić information content (AvgIpc) is 3.03. The van der Waals surface area contributed by atoms with Crippen LogP contribution in [-0.2, 0) is 0 Å². The molecule has 0 unspecified atom stereocenters. The van der Waals surface area contributed by atoms with Crippen LogP contribution >= 0.6 is 15.9 Å². The van der Waals surface area contributed by atoms with Crippen LogP contribution in [0.3, 0.4) is 0 Å². The molecule has 3 aromatic carbocycles. The van der Waals surface area contributed by atoms with Crippen molar-refractivity contribution in [3.63, 3.8) is 0 Å². The van der Waals surface area contributed by atoms with Gasteiger partial charge in [0.2, 0.25) is 5.78 Å². The summed E-state index contributed by atoms with van der Waals surface area (Å²) in [6, 6.07) is 17.1. The van der Waals surface area contributed by atoms with Crippen molar-refractivity contribution in [2.75, 3.05) is 0 Å². The van der Waals surface area contributed by atoms with E-state index in [1.165, 1.54) is 48.5 Å². The van der Waals surface area contributed by atoms with E-state index in [0.29, 0.717) is 21.2 Å². The highest BCUT2D eigenvalue weighted by atomic mass is 79.9. The number of hydrogen-bond acceptors (Lipinski definition) is 6. The van der Waals surface area contributed by atoms with Gasteiger partial charge < -0.3 is 9.47 Å². The van der Waals surface area contributed by atoms with Gasteiger partial charge in [0.1, 0.15) is 11.5 Å². The third kappa shape index (κ3) is 3.85. The number of nitrogens with zero attached hydrogens (tertiary/aromatic N) is 1. The maximum atomic E-state index is 12.6. The van der Waals surface area contributed by atoms with Crippen LogP contribution in [0.2, 0.25) is 0 Å². The van der Waals surface area contributed by atoms with E-state index in [-0.39, 0.29) is 28.7 Å². The molecule has 0 bridgehead atoms. The van der Waals surface area contributed by atoms with Crippen LogP contribution in [0, 0.1) is 10.1 Å². The molecule has 0 saturated carbocycles. The number of hydrogen-bond donors (Lipinski definition) is 0. The number of esters is 1. The molecule has 30 heavy (non-hydrogen) atoms. The third-order valence-electron chi connectivity index (χ3n) is 4.35. The molecule has 4 rings (SSSR count). The quantitative estimate of drug-likeness (QED) is 0.173. The zero-order valence-electron chi connectivity index (χ0n) is 15.2. The lowest BCUT2D eigenvalue weighted by molar-refractivity contribution is -0.384. The van der Waals surface area contributed by atoms with Gasteiger partial charge in [-0.15, -0.1) is 0 Å². The van der Waals surface area contributed by atoms with E-state index in [4.69, 9.17) is 9.47 Å². The Hall–Kier alpha value is -3.78. The van der Waals surface area contributed by atoms with Gasteiger partial charge in [-0.25, -0.2) is 4.79 Å². The van der Waals surface area contributed by atoms with E-state index in [1.807, 2.05) is 0 Å². The van der Waals surface area contributed by atoms with Crippen LogP contribution < -0.4 is 9.47 Å². The maximum absolute atomic E-state index is 12.6. The number of nitro groups is 1. The first-order valence-electron chi connectivity index (χ1n) is 8.72. The number of ketones is 1. The van der Waals surface area contributed by atoms with Crippen LogP contribution in [0.15, 0.2) is 77.0 Å². The monoisotopic (exact) mass is 465 g/mol. The first-order valence-corrected chi connectivity index (χ1v) is 9.51. The minimum absolute atomic E-state index is 0.0457. The van der Waals surface area contributed by atoms with Gasteiger partial charge in [-0.3, -0.25) is 14.9 Å². The molecular formula is C22H12BrNO6. The summed E-state index contributed by atoms with van der Waals surface area (Å²) < 4.78 is 11.6. The lowest BCUT2D eigenvalue weighted by Gasteiger charge is -2.06. The van der Waals surface area contributed by atoms with Gasteiger partial charge in [-0.1, -0.05) is 12.1 Å². The molecule has 0 aromatic heterocycles. The molecule has 0 spiro atoms. The molecule has 0 saturated heterocycles. The van der Waals surface area contributed by atoms with Crippen molar-refractivity contribution in [1.29, 1.82) is 0 Å². The number of fused-ring (bicyclic) bond motifs is 1. The second-order valence-electron chi connectivity index (χ2n) is 6.32. The predicted octanol–water partition coefficient (Wildman–Crippen LogP) is 5.19. The first-order chi connectivity index (χ1) is 14.4. The number of nitro benzene ring substituents is 1. The van der Waals surface area contributed by atoms with Crippen LogP contribution in [0.25, 0.3) is 6.08 Å². The topological polar surface area (TPSA) is 95.7 Å². The van der Waals surface area contributed by atoms with Gasteiger partial charge >= 0.3 is 5.97 Å². The Balaban J connectivity index is 1.54. The second-order valence-corrected chi connectivity index (χ2v) is 7.17. The molecule has 1 aliphatic heterocycles. The molecule has 148 valence electrons. The van der Waals surface area contributed by atoms with Gasteiger partial charge in [-0.2, -0.15) is 0 Å². The van der Waals surface area contributed by atoms with Crippen molar-refractivity contribution in [2.45, 2.75) is 0 Å². The SMILES string of the molecule is O=C(Oc1ccc2c(c1)OC(=Cc1ccc([N+](=O)[O-])cc1)C2=O)c1ccccc1Br. The molecule has 7 nitrogen and oxygen atoms in total. The second kappa shape index (κ2) is 7.92. The summed E-state index contributed by atoms with van der Waals surface area (Å²) in [4.78, 5) is 35.2. The zero-order valence-corrected chi connectivity index (χ0v) is 16.8. The summed E-state index contributed by atoms with van der Waals surface area (Å²) in [6.45, 7) is 0. The molecule has 0 radical (unpaired) electrons. The van der Waals surface area contributed by atoms with E-state index < -0.39 is 10.9 Å². The number of carbonyl (C=O) groups is 2. The first kappa shape index (κ1) is 19.5. The Morgan fingerprint density at radius 2 is 1.80 bits per heavy atom. The molecule has 0 amide bonds. The fourth-order valence-corrected chi connectivity index (χ4v) is 3.31. The van der Waals surface area contributed by atoms with Gasteiger partial charge in [0, 0.05) is 22.7 Å². The minimum atomic E-state index is -0.548. The summed E-state index contributed by atoms with van der Waals surface area (Å²) >= 11 is 3.30. The van der Waals surface area contributed by atoms with Crippen molar-refractivity contribution in [2.24, 2.45) is 0 Å². The maximum Gasteiger partial charge on any atom is 0.344 e. The number of non-ortho nitro benzene ring substituents is 1. The van der Waals surface area contributed by atoms with E-state index in [2.05, 4.69) is 15.9 Å². The Bertz CT molecular complexity index is 1220. The summed E-state index contributed by atoms with van der Waals surface area (Å²) in [5, 5.41) is 10.7. The highest BCUT2D eigenvalue weighted by Gasteiger charge is 2.28. The van der Waals surface area contributed by atoms with Gasteiger partial charge in [0.05, 0.1) is 16.1 Å². The summed E-state index contributed by atoms with van der Waals surface area (Å²) in [6.07, 6.45) is 1.50. The number of allylic oxidation sites excluding steroid dienone is 1. The van der Waals surface area contributed by atoms with E-state index >= 15 is 0 Å². The Morgan fingerprint density at radius 3 is 2.50 bits per heavy atom. The summed E-state index contributed by atoms with van der Waals surface area (Å²) in [5.41, 5.74) is 1.24. The van der Waals surface area contributed by atoms with Crippen molar-refractivity contribution in [3.8, 4) is 11.5 Å². The van der Waals surface area contributed by atoms with Crippen molar-refractivity contribution in [3.05, 3.63) is 104 Å². The van der Waals surface area contributed by atoms with E-state index in [1.54, 1.807) is 24.3 Å². The lowest BCUT2D eigenvalue weighted by Crippen LogP contribution is -2.09. The number of halogens is 1. The number of rotatable bonds is 4. The summed E-state index contributed by atoms with van der Waals surface area (Å²) in [5.74, 6) is -0.293. The van der Waals surface area contributed by atoms with Crippen LogP contribution in [-0.4, -0.2) is 16.7 Å². The number of ether oxygens (including phenoxy) is 2. The fourth-order valence-electron chi connectivity index (χ4n) is 2.86. The number of Topliss-reactive ketones (excluding diaryl/α,β-unsaturated/α-hetero) is 1. The van der Waals surface area contributed by atoms with Crippen molar-refractivity contribution < 1.29 is 24.0 Å².